The Balaban J connectivity index is 2.77. The fourth-order valence-electron chi connectivity index (χ4n) is 1.27. The molecule has 14 heavy (non-hydrogen) atoms. The molecule has 1 rings (SSSR count). The van der Waals surface area contributed by atoms with Crippen molar-refractivity contribution in [1.82, 2.24) is 0 Å². The Morgan fingerprint density at radius 1 is 1.29 bits per heavy atom. The van der Waals surface area contributed by atoms with E-state index in [2.05, 4.69) is 44.8 Å². The summed E-state index contributed by atoms with van der Waals surface area (Å²) in [5.74, 6) is 0. The Kier molecular flexibility index (Phi) is 4.95. The lowest BCUT2D eigenvalue weighted by atomic mass is 9.88. The summed E-state index contributed by atoms with van der Waals surface area (Å²) >= 11 is 13.0. The van der Waals surface area contributed by atoms with E-state index >= 15 is 0 Å². The van der Waals surface area contributed by atoms with Crippen molar-refractivity contribution in [3.05, 3.63) is 34.9 Å². The standard InChI is InChI=1S/C11H13Br2Cl/c1-11(7-12,8-13)6-9-3-2-4-10(14)5-9/h2-5H,6-8H2,1H3. The van der Waals surface area contributed by atoms with E-state index in [1.807, 2.05) is 18.2 Å². The van der Waals surface area contributed by atoms with Crippen LogP contribution in [0, 0.1) is 5.41 Å². The number of benzene rings is 1. The van der Waals surface area contributed by atoms with Crippen LogP contribution >= 0.6 is 43.5 Å². The van der Waals surface area contributed by atoms with Gasteiger partial charge < -0.3 is 0 Å². The van der Waals surface area contributed by atoms with E-state index in [0.717, 1.165) is 22.1 Å². The topological polar surface area (TPSA) is 0 Å². The Labute approximate surface area is 107 Å². The molecule has 78 valence electrons. The van der Waals surface area contributed by atoms with Crippen LogP contribution in [-0.2, 0) is 6.42 Å². The first-order valence-corrected chi connectivity index (χ1v) is 7.08. The second-order valence-electron chi connectivity index (χ2n) is 3.88. The maximum atomic E-state index is 5.94. The summed E-state index contributed by atoms with van der Waals surface area (Å²) < 4.78 is 0. The molecule has 0 amide bonds. The van der Waals surface area contributed by atoms with Crippen LogP contribution in [0.3, 0.4) is 0 Å². The van der Waals surface area contributed by atoms with Gasteiger partial charge in [-0.25, -0.2) is 0 Å². The molecule has 0 fully saturated rings. The van der Waals surface area contributed by atoms with Gasteiger partial charge in [-0.1, -0.05) is 62.5 Å². The molecule has 0 N–H and O–H groups in total. The molecular weight excluding hydrogens is 327 g/mol. The molecule has 0 unspecified atom stereocenters. The number of hydrogen-bond acceptors (Lipinski definition) is 0. The number of hydrogen-bond donors (Lipinski definition) is 0. The summed E-state index contributed by atoms with van der Waals surface area (Å²) in [6, 6.07) is 8.06. The molecule has 0 aliphatic heterocycles. The summed E-state index contributed by atoms with van der Waals surface area (Å²) in [6.07, 6.45) is 1.03. The largest absolute Gasteiger partial charge is 0.0922 e. The van der Waals surface area contributed by atoms with Crippen LogP contribution in [0.2, 0.25) is 5.02 Å². The third kappa shape index (κ3) is 3.56. The van der Waals surface area contributed by atoms with Crippen molar-refractivity contribution < 1.29 is 0 Å². The van der Waals surface area contributed by atoms with Gasteiger partial charge in [0, 0.05) is 15.7 Å². The summed E-state index contributed by atoms with van der Waals surface area (Å²) in [5, 5.41) is 2.78. The van der Waals surface area contributed by atoms with Gasteiger partial charge in [-0.2, -0.15) is 0 Å². The highest BCUT2D eigenvalue weighted by atomic mass is 79.9. The lowest BCUT2D eigenvalue weighted by Crippen LogP contribution is -2.23. The number of alkyl halides is 2. The van der Waals surface area contributed by atoms with Gasteiger partial charge in [0.1, 0.15) is 0 Å². The molecule has 0 nitrogen and oxygen atoms in total. The Morgan fingerprint density at radius 3 is 2.43 bits per heavy atom. The smallest absolute Gasteiger partial charge is 0.0408 e. The monoisotopic (exact) mass is 338 g/mol. The van der Waals surface area contributed by atoms with Gasteiger partial charge in [0.2, 0.25) is 0 Å². The second-order valence-corrected chi connectivity index (χ2v) is 5.44. The normalized spacial score (nSPS) is 11.7. The number of rotatable bonds is 4. The van der Waals surface area contributed by atoms with Crippen molar-refractivity contribution >= 4 is 43.5 Å². The molecule has 0 spiro atoms. The van der Waals surface area contributed by atoms with Crippen LogP contribution in [0.15, 0.2) is 24.3 Å². The van der Waals surface area contributed by atoms with Gasteiger partial charge >= 0.3 is 0 Å². The third-order valence-electron chi connectivity index (χ3n) is 2.17. The molecule has 0 aromatic heterocycles. The summed E-state index contributed by atoms with van der Waals surface area (Å²) in [5.41, 5.74) is 1.55. The van der Waals surface area contributed by atoms with Gasteiger partial charge in [0.05, 0.1) is 0 Å². The fraction of sp³-hybridized carbons (Fsp3) is 0.455. The van der Waals surface area contributed by atoms with Crippen LogP contribution in [-0.4, -0.2) is 10.7 Å². The van der Waals surface area contributed by atoms with E-state index in [9.17, 15) is 0 Å². The predicted molar refractivity (Wildman–Crippen MR) is 70.9 cm³/mol. The Morgan fingerprint density at radius 2 is 1.93 bits per heavy atom. The summed E-state index contributed by atoms with van der Waals surface area (Å²) in [4.78, 5) is 0. The van der Waals surface area contributed by atoms with Crippen LogP contribution in [0.4, 0.5) is 0 Å². The maximum absolute atomic E-state index is 5.94. The molecule has 0 heterocycles. The van der Waals surface area contributed by atoms with E-state index in [1.165, 1.54) is 5.56 Å². The first-order chi connectivity index (χ1) is 6.59. The van der Waals surface area contributed by atoms with Crippen LogP contribution in [0.5, 0.6) is 0 Å². The van der Waals surface area contributed by atoms with E-state index in [4.69, 9.17) is 11.6 Å². The SMILES string of the molecule is CC(CBr)(CBr)Cc1cccc(Cl)c1. The van der Waals surface area contributed by atoms with Crippen LogP contribution in [0.1, 0.15) is 12.5 Å². The van der Waals surface area contributed by atoms with E-state index in [-0.39, 0.29) is 5.41 Å². The highest BCUT2D eigenvalue weighted by molar-refractivity contribution is 9.09. The van der Waals surface area contributed by atoms with Crippen LogP contribution in [0.25, 0.3) is 0 Å². The van der Waals surface area contributed by atoms with E-state index in [0.29, 0.717) is 0 Å². The molecule has 0 radical (unpaired) electrons. The minimum absolute atomic E-state index is 0.255. The zero-order valence-corrected chi connectivity index (χ0v) is 12.0. The number of halogens is 3. The first-order valence-electron chi connectivity index (χ1n) is 4.46. The van der Waals surface area contributed by atoms with Crippen LogP contribution < -0.4 is 0 Å². The third-order valence-corrected chi connectivity index (χ3v) is 5.11. The minimum Gasteiger partial charge on any atom is -0.0922 e. The van der Waals surface area contributed by atoms with E-state index < -0.39 is 0 Å². The van der Waals surface area contributed by atoms with Crippen molar-refractivity contribution in [2.75, 3.05) is 10.7 Å². The van der Waals surface area contributed by atoms with Crippen molar-refractivity contribution in [3.63, 3.8) is 0 Å². The zero-order valence-electron chi connectivity index (χ0n) is 8.06. The Bertz CT molecular complexity index is 295. The van der Waals surface area contributed by atoms with Gasteiger partial charge in [-0.3, -0.25) is 0 Å². The highest BCUT2D eigenvalue weighted by Gasteiger charge is 2.21. The van der Waals surface area contributed by atoms with Crippen molar-refractivity contribution in [2.45, 2.75) is 13.3 Å². The minimum atomic E-state index is 0.255. The lowest BCUT2D eigenvalue weighted by molar-refractivity contribution is 0.439. The Hall–Kier alpha value is 0.470. The molecular formula is C11H13Br2Cl. The molecule has 0 saturated carbocycles. The molecule has 0 bridgehead atoms. The van der Waals surface area contributed by atoms with Crippen molar-refractivity contribution in [3.8, 4) is 0 Å². The van der Waals surface area contributed by atoms with Gasteiger partial charge in [0.15, 0.2) is 0 Å². The lowest BCUT2D eigenvalue weighted by Gasteiger charge is -2.24. The molecule has 1 aromatic carbocycles. The average molecular weight is 340 g/mol. The molecule has 1 aromatic rings. The molecule has 0 aliphatic rings. The van der Waals surface area contributed by atoms with E-state index in [1.54, 1.807) is 0 Å². The van der Waals surface area contributed by atoms with Gasteiger partial charge in [-0.15, -0.1) is 0 Å². The molecule has 0 aliphatic carbocycles. The fourth-order valence-corrected chi connectivity index (χ4v) is 2.81. The summed E-state index contributed by atoms with van der Waals surface area (Å²) in [6.45, 7) is 2.25. The maximum Gasteiger partial charge on any atom is 0.0408 e. The molecule has 0 saturated heterocycles. The zero-order chi connectivity index (χ0) is 10.6. The highest BCUT2D eigenvalue weighted by Crippen LogP contribution is 2.28. The molecule has 0 atom stereocenters. The van der Waals surface area contributed by atoms with Crippen molar-refractivity contribution in [1.29, 1.82) is 0 Å². The summed E-state index contributed by atoms with van der Waals surface area (Å²) in [7, 11) is 0. The molecule has 3 heteroatoms. The first kappa shape index (κ1) is 12.5. The quantitative estimate of drug-likeness (QED) is 0.698. The van der Waals surface area contributed by atoms with Gasteiger partial charge in [-0.05, 0) is 29.5 Å². The average Bonchev–Trinajstić information content (AvgIpc) is 2.18. The van der Waals surface area contributed by atoms with Crippen molar-refractivity contribution in [2.24, 2.45) is 5.41 Å². The predicted octanol–water partition coefficient (Wildman–Crippen LogP) is 4.68. The van der Waals surface area contributed by atoms with Gasteiger partial charge in [0.25, 0.3) is 0 Å². The second kappa shape index (κ2) is 5.53.